The molecule has 2 aliphatic heterocycles. The van der Waals surface area contributed by atoms with Gasteiger partial charge in [0.25, 0.3) is 0 Å². The van der Waals surface area contributed by atoms with E-state index in [0.717, 1.165) is 28.8 Å². The van der Waals surface area contributed by atoms with Crippen molar-refractivity contribution in [2.75, 3.05) is 44.0 Å². The molecular weight excluding hydrogens is 425 g/mol. The summed E-state index contributed by atoms with van der Waals surface area (Å²) in [5.41, 5.74) is 3.72. The van der Waals surface area contributed by atoms with Crippen LogP contribution in [0.2, 0.25) is 0 Å². The molecule has 0 unspecified atom stereocenters. The largest absolute Gasteiger partial charge is 0.378 e. The maximum atomic E-state index is 14.9. The van der Waals surface area contributed by atoms with Crippen LogP contribution >= 0.6 is 0 Å². The van der Waals surface area contributed by atoms with Gasteiger partial charge in [0.05, 0.1) is 31.0 Å². The number of likely N-dealkylation sites (tertiary alicyclic amines) is 1. The minimum atomic E-state index is -1.00. The van der Waals surface area contributed by atoms with Crippen LogP contribution in [-0.2, 0) is 4.74 Å². The summed E-state index contributed by atoms with van der Waals surface area (Å²) < 4.78 is 21.9. The molecule has 2 aliphatic rings. The summed E-state index contributed by atoms with van der Waals surface area (Å²) in [5.74, 6) is 1.02. The zero-order chi connectivity index (χ0) is 22.4. The van der Waals surface area contributed by atoms with Crippen molar-refractivity contribution in [3.63, 3.8) is 0 Å². The second-order valence-corrected chi connectivity index (χ2v) is 8.39. The van der Waals surface area contributed by atoms with E-state index in [0.29, 0.717) is 49.6 Å². The zero-order valence-electron chi connectivity index (χ0n) is 18.1. The molecule has 2 fully saturated rings. The van der Waals surface area contributed by atoms with Gasteiger partial charge in [-0.05, 0) is 24.6 Å². The summed E-state index contributed by atoms with van der Waals surface area (Å²) in [6.07, 6.45) is 4.81. The smallest absolute Gasteiger partial charge is 0.243 e. The van der Waals surface area contributed by atoms with Gasteiger partial charge in [-0.25, -0.2) is 18.9 Å². The number of pyridine rings is 1. The van der Waals surface area contributed by atoms with E-state index < -0.39 is 6.17 Å². The number of hydrogen-bond donors (Lipinski definition) is 2. The predicted octanol–water partition coefficient (Wildman–Crippen LogP) is 2.00. The van der Waals surface area contributed by atoms with Crippen LogP contribution in [0.3, 0.4) is 0 Å². The molecule has 6 rings (SSSR count). The van der Waals surface area contributed by atoms with E-state index >= 15 is 0 Å². The third-order valence-electron chi connectivity index (χ3n) is 6.38. The van der Waals surface area contributed by atoms with E-state index in [1.165, 1.54) is 0 Å². The second-order valence-electron chi connectivity index (χ2n) is 8.39. The van der Waals surface area contributed by atoms with Crippen molar-refractivity contribution < 1.29 is 9.13 Å². The Kier molecular flexibility index (Phi) is 4.99. The number of hydrogen-bond acceptors (Lipinski definition) is 9. The number of nitrogens with zero attached hydrogens (tertiary/aromatic N) is 7. The lowest BCUT2D eigenvalue weighted by Gasteiger charge is -2.42. The van der Waals surface area contributed by atoms with Gasteiger partial charge in [0.15, 0.2) is 11.5 Å². The van der Waals surface area contributed by atoms with E-state index in [9.17, 15) is 4.39 Å². The Bertz CT molecular complexity index is 1310. The molecule has 6 heterocycles. The van der Waals surface area contributed by atoms with E-state index in [4.69, 9.17) is 4.74 Å². The fraction of sp³-hybridized carbons (Fsp3) is 0.409. The van der Waals surface area contributed by atoms with Crippen LogP contribution in [0.25, 0.3) is 27.9 Å². The van der Waals surface area contributed by atoms with Crippen molar-refractivity contribution in [1.29, 1.82) is 0 Å². The maximum absolute atomic E-state index is 14.9. The first-order valence-electron chi connectivity index (χ1n) is 11.1. The molecule has 0 amide bonds. The number of ether oxygens (including phenoxy) is 1. The first-order valence-corrected chi connectivity index (χ1v) is 11.1. The molecule has 4 aromatic heterocycles. The standard InChI is InChI=1S/C22H24FN9O/c1-24-21-19-14(16-2-3-18-20(27-16)26-7-6-25-18)4-9-32(19)30-22(29-21)28-17-5-8-31(10-15(17)23)13-11-33-12-13/h2-4,6-7,9,13,15,17H,5,8,10-12H2,1H3,(H2,24,28,29,30)/t15-,17+/m1/s1. The average Bonchev–Trinajstić information content (AvgIpc) is 3.23. The molecule has 0 bridgehead atoms. The third-order valence-corrected chi connectivity index (χ3v) is 6.38. The zero-order valence-corrected chi connectivity index (χ0v) is 18.1. The van der Waals surface area contributed by atoms with Gasteiger partial charge in [-0.2, -0.15) is 4.98 Å². The van der Waals surface area contributed by atoms with Crippen LogP contribution in [0.5, 0.6) is 0 Å². The number of nitrogens with one attached hydrogen (secondary N) is 2. The average molecular weight is 449 g/mol. The van der Waals surface area contributed by atoms with Gasteiger partial charge >= 0.3 is 0 Å². The fourth-order valence-electron chi connectivity index (χ4n) is 4.49. The predicted molar refractivity (Wildman–Crippen MR) is 122 cm³/mol. The van der Waals surface area contributed by atoms with Crippen molar-refractivity contribution >= 4 is 28.4 Å². The topological polar surface area (TPSA) is 105 Å². The van der Waals surface area contributed by atoms with Gasteiger partial charge in [0.2, 0.25) is 5.95 Å². The number of halogens is 1. The summed E-state index contributed by atoms with van der Waals surface area (Å²) in [7, 11) is 1.80. The molecule has 0 aromatic carbocycles. The Hall–Kier alpha value is -3.44. The minimum absolute atomic E-state index is 0.333. The fourth-order valence-corrected chi connectivity index (χ4v) is 4.49. The van der Waals surface area contributed by atoms with Crippen molar-refractivity contribution in [2.45, 2.75) is 24.7 Å². The Morgan fingerprint density at radius 2 is 2.00 bits per heavy atom. The quantitative estimate of drug-likeness (QED) is 0.473. The first kappa shape index (κ1) is 20.2. The molecule has 0 radical (unpaired) electrons. The van der Waals surface area contributed by atoms with Gasteiger partial charge in [0.1, 0.15) is 17.2 Å². The van der Waals surface area contributed by atoms with Gasteiger partial charge in [0, 0.05) is 44.3 Å². The van der Waals surface area contributed by atoms with Crippen LogP contribution in [-0.4, -0.2) is 86.1 Å². The molecule has 4 aromatic rings. The normalized spacial score (nSPS) is 21.9. The Balaban J connectivity index is 1.28. The minimum Gasteiger partial charge on any atom is -0.378 e. The van der Waals surface area contributed by atoms with Crippen LogP contribution in [0, 0.1) is 0 Å². The maximum Gasteiger partial charge on any atom is 0.243 e. The molecule has 33 heavy (non-hydrogen) atoms. The molecule has 2 atom stereocenters. The first-order chi connectivity index (χ1) is 16.2. The summed E-state index contributed by atoms with van der Waals surface area (Å²) in [6.45, 7) is 2.63. The number of fused-ring (bicyclic) bond motifs is 2. The highest BCUT2D eigenvalue weighted by molar-refractivity contribution is 5.89. The lowest BCUT2D eigenvalue weighted by Crippen LogP contribution is -2.57. The highest BCUT2D eigenvalue weighted by Crippen LogP contribution is 2.30. The highest BCUT2D eigenvalue weighted by atomic mass is 19.1. The van der Waals surface area contributed by atoms with Gasteiger partial charge in [-0.3, -0.25) is 9.88 Å². The molecule has 2 N–H and O–H groups in total. The number of piperidine rings is 1. The highest BCUT2D eigenvalue weighted by Gasteiger charge is 2.35. The number of aromatic nitrogens is 6. The molecule has 0 saturated carbocycles. The SMILES string of the molecule is CNc1nc(N[C@H]2CCN(C3COC3)C[C@H]2F)nn2ccc(-c3ccc4nccnc4n3)c12. The van der Waals surface area contributed by atoms with Gasteiger partial charge < -0.3 is 15.4 Å². The summed E-state index contributed by atoms with van der Waals surface area (Å²) in [5, 5.41) is 11.0. The Morgan fingerprint density at radius 3 is 2.79 bits per heavy atom. The van der Waals surface area contributed by atoms with Crippen molar-refractivity contribution in [3.8, 4) is 11.3 Å². The molecule has 2 saturated heterocycles. The summed E-state index contributed by atoms with van der Waals surface area (Å²) >= 11 is 0. The van der Waals surface area contributed by atoms with E-state index in [-0.39, 0.29) is 6.04 Å². The molecule has 0 aliphatic carbocycles. The number of alkyl halides is 1. The van der Waals surface area contributed by atoms with Crippen molar-refractivity contribution in [3.05, 3.63) is 36.8 Å². The molecule has 10 nitrogen and oxygen atoms in total. The van der Waals surface area contributed by atoms with E-state index in [1.807, 2.05) is 24.4 Å². The van der Waals surface area contributed by atoms with Crippen LogP contribution in [0.15, 0.2) is 36.8 Å². The number of rotatable bonds is 5. The molecule has 170 valence electrons. The van der Waals surface area contributed by atoms with Gasteiger partial charge in [-0.1, -0.05) is 0 Å². The lowest BCUT2D eigenvalue weighted by atomic mass is 10.0. The summed E-state index contributed by atoms with van der Waals surface area (Å²) in [6, 6.07) is 5.76. The van der Waals surface area contributed by atoms with Gasteiger partial charge in [-0.15, -0.1) is 5.10 Å². The number of anilines is 2. The van der Waals surface area contributed by atoms with Crippen LogP contribution in [0.1, 0.15) is 6.42 Å². The third kappa shape index (κ3) is 3.62. The Labute approximate surface area is 189 Å². The lowest BCUT2D eigenvalue weighted by molar-refractivity contribution is -0.0794. The molecule has 11 heteroatoms. The second kappa shape index (κ2) is 8.16. The molecule has 0 spiro atoms. The van der Waals surface area contributed by atoms with Crippen LogP contribution in [0.4, 0.5) is 16.2 Å². The van der Waals surface area contributed by atoms with Crippen molar-refractivity contribution in [2.24, 2.45) is 0 Å². The Morgan fingerprint density at radius 1 is 1.12 bits per heavy atom. The summed E-state index contributed by atoms with van der Waals surface area (Å²) in [4.78, 5) is 20.1. The van der Waals surface area contributed by atoms with E-state index in [1.54, 1.807) is 24.0 Å². The van der Waals surface area contributed by atoms with Crippen molar-refractivity contribution in [1.82, 2.24) is 34.4 Å². The van der Waals surface area contributed by atoms with Crippen LogP contribution < -0.4 is 10.6 Å². The molecular formula is C22H24FN9O. The van der Waals surface area contributed by atoms with E-state index in [2.05, 4.69) is 40.6 Å². The monoisotopic (exact) mass is 449 g/mol.